The van der Waals surface area contributed by atoms with Crippen LogP contribution in [0.25, 0.3) is 0 Å². The summed E-state index contributed by atoms with van der Waals surface area (Å²) in [6.07, 6.45) is -0.991. The fourth-order valence-corrected chi connectivity index (χ4v) is 2.64. The number of hydrogen-bond acceptors (Lipinski definition) is 6. The molecule has 0 unspecified atom stereocenters. The number of fused-ring (bicyclic) bond motifs is 1. The first kappa shape index (κ1) is 16.1. The van der Waals surface area contributed by atoms with E-state index in [1.807, 2.05) is 0 Å². The highest BCUT2D eigenvalue weighted by Gasteiger charge is 2.37. The Labute approximate surface area is 138 Å². The molecule has 128 valence electrons. The Balaban J connectivity index is 1.71. The molecule has 1 saturated heterocycles. The monoisotopic (exact) mass is 334 g/mol. The maximum atomic E-state index is 12.2. The summed E-state index contributed by atoms with van der Waals surface area (Å²) in [4.78, 5) is 36.8. The molecule has 2 atom stereocenters. The molecule has 0 spiro atoms. The number of benzene rings is 1. The van der Waals surface area contributed by atoms with Crippen molar-refractivity contribution in [3.05, 3.63) is 18.2 Å². The third-order valence-corrected chi connectivity index (χ3v) is 3.99. The topological polar surface area (TPSA) is 108 Å². The Hall–Kier alpha value is -2.77. The van der Waals surface area contributed by atoms with Crippen molar-refractivity contribution in [3.8, 4) is 11.5 Å². The van der Waals surface area contributed by atoms with Crippen molar-refractivity contribution in [1.82, 2.24) is 0 Å². The lowest BCUT2D eigenvalue weighted by Crippen LogP contribution is -2.33. The zero-order chi connectivity index (χ0) is 17.3. The van der Waals surface area contributed by atoms with Gasteiger partial charge in [0.2, 0.25) is 5.91 Å². The van der Waals surface area contributed by atoms with Crippen molar-refractivity contribution in [2.75, 3.05) is 24.7 Å². The Kier molecular flexibility index (Phi) is 4.28. The van der Waals surface area contributed by atoms with E-state index in [1.165, 1.54) is 11.8 Å². The van der Waals surface area contributed by atoms with Gasteiger partial charge in [-0.25, -0.2) is 0 Å². The van der Waals surface area contributed by atoms with Gasteiger partial charge in [0.25, 0.3) is 5.91 Å². The van der Waals surface area contributed by atoms with Gasteiger partial charge in [-0.05, 0) is 19.1 Å². The Bertz CT molecular complexity index is 689. The first-order chi connectivity index (χ1) is 11.5. The predicted octanol–water partition coefficient (Wildman–Crippen LogP) is 0.228. The number of ether oxygens (including phenoxy) is 3. The quantitative estimate of drug-likeness (QED) is 0.790. The van der Waals surface area contributed by atoms with Crippen molar-refractivity contribution in [3.63, 3.8) is 0 Å². The molecule has 24 heavy (non-hydrogen) atoms. The minimum Gasteiger partial charge on any atom is -0.486 e. The highest BCUT2D eigenvalue weighted by atomic mass is 16.6. The van der Waals surface area contributed by atoms with Crippen LogP contribution >= 0.6 is 0 Å². The smallest absolute Gasteiger partial charge is 0.312 e. The van der Waals surface area contributed by atoms with Crippen molar-refractivity contribution in [1.29, 1.82) is 0 Å². The van der Waals surface area contributed by atoms with E-state index in [4.69, 9.17) is 19.9 Å². The highest BCUT2D eigenvalue weighted by molar-refractivity contribution is 6.00. The van der Waals surface area contributed by atoms with E-state index in [0.29, 0.717) is 30.4 Å². The van der Waals surface area contributed by atoms with E-state index in [1.54, 1.807) is 18.2 Å². The number of rotatable bonds is 4. The molecule has 2 heterocycles. The first-order valence-corrected chi connectivity index (χ1v) is 7.65. The van der Waals surface area contributed by atoms with Crippen LogP contribution in [0, 0.1) is 5.92 Å². The van der Waals surface area contributed by atoms with E-state index < -0.39 is 23.9 Å². The molecule has 0 bridgehead atoms. The van der Waals surface area contributed by atoms with Crippen LogP contribution in [0.3, 0.4) is 0 Å². The van der Waals surface area contributed by atoms with Crippen LogP contribution < -0.4 is 20.1 Å². The predicted molar refractivity (Wildman–Crippen MR) is 82.6 cm³/mol. The van der Waals surface area contributed by atoms with Crippen LogP contribution in [0.15, 0.2) is 18.2 Å². The lowest BCUT2D eigenvalue weighted by Gasteiger charge is -2.22. The van der Waals surface area contributed by atoms with Crippen molar-refractivity contribution < 1.29 is 28.6 Å². The van der Waals surface area contributed by atoms with Gasteiger partial charge in [-0.15, -0.1) is 0 Å². The summed E-state index contributed by atoms with van der Waals surface area (Å²) < 4.78 is 15.9. The molecule has 0 aromatic heterocycles. The summed E-state index contributed by atoms with van der Waals surface area (Å²) in [5.74, 6) is -0.957. The lowest BCUT2D eigenvalue weighted by atomic mass is 10.1. The molecule has 2 aliphatic rings. The average molecular weight is 334 g/mol. The fraction of sp³-hybridized carbons (Fsp3) is 0.438. The number of nitrogens with two attached hydrogens (primary N) is 1. The molecule has 8 heteroatoms. The number of carbonyl (C=O) groups excluding carboxylic acids is 3. The summed E-state index contributed by atoms with van der Waals surface area (Å²) in [6, 6.07) is 5.19. The Morgan fingerprint density at radius 2 is 2.00 bits per heavy atom. The molecular formula is C16H18N2O6. The van der Waals surface area contributed by atoms with Crippen LogP contribution in [0.5, 0.6) is 11.5 Å². The van der Waals surface area contributed by atoms with E-state index in [0.717, 1.165) is 0 Å². The third-order valence-electron chi connectivity index (χ3n) is 3.99. The van der Waals surface area contributed by atoms with E-state index >= 15 is 0 Å². The molecule has 3 rings (SSSR count). The van der Waals surface area contributed by atoms with Crippen molar-refractivity contribution in [2.24, 2.45) is 11.7 Å². The Morgan fingerprint density at radius 1 is 1.29 bits per heavy atom. The van der Waals surface area contributed by atoms with Crippen molar-refractivity contribution in [2.45, 2.75) is 19.4 Å². The van der Waals surface area contributed by atoms with Crippen molar-refractivity contribution >= 4 is 23.5 Å². The van der Waals surface area contributed by atoms with E-state index in [-0.39, 0.29) is 18.9 Å². The zero-order valence-electron chi connectivity index (χ0n) is 13.2. The zero-order valence-corrected chi connectivity index (χ0v) is 13.2. The molecule has 0 radical (unpaired) electrons. The SMILES string of the molecule is C[C@H](OC(=O)[C@H]1CC(=O)N(c2ccc3c(c2)OCCO3)C1)C(N)=O. The lowest BCUT2D eigenvalue weighted by molar-refractivity contribution is -0.157. The first-order valence-electron chi connectivity index (χ1n) is 7.65. The van der Waals surface area contributed by atoms with Gasteiger partial charge in [0.15, 0.2) is 17.6 Å². The summed E-state index contributed by atoms with van der Waals surface area (Å²) in [6.45, 7) is 2.52. The largest absolute Gasteiger partial charge is 0.486 e. The molecule has 1 fully saturated rings. The van der Waals surface area contributed by atoms with Crippen LogP contribution in [-0.2, 0) is 19.1 Å². The van der Waals surface area contributed by atoms with Crippen LogP contribution in [0.1, 0.15) is 13.3 Å². The fourth-order valence-electron chi connectivity index (χ4n) is 2.64. The van der Waals surface area contributed by atoms with E-state index in [9.17, 15) is 14.4 Å². The second kappa shape index (κ2) is 6.38. The van der Waals surface area contributed by atoms with Gasteiger partial charge in [0.05, 0.1) is 5.92 Å². The number of primary amides is 1. The summed E-state index contributed by atoms with van der Waals surface area (Å²) in [5.41, 5.74) is 5.70. The van der Waals surface area contributed by atoms with Gasteiger partial charge in [-0.1, -0.05) is 0 Å². The molecule has 0 saturated carbocycles. The van der Waals surface area contributed by atoms with Gasteiger partial charge in [0, 0.05) is 24.7 Å². The van der Waals surface area contributed by atoms with E-state index in [2.05, 4.69) is 0 Å². The van der Waals surface area contributed by atoms with Gasteiger partial charge in [0.1, 0.15) is 13.2 Å². The van der Waals surface area contributed by atoms with Gasteiger partial charge < -0.3 is 24.8 Å². The third kappa shape index (κ3) is 3.12. The standard InChI is InChI=1S/C16H18N2O6/c1-9(15(17)20)24-16(21)10-6-14(19)18(8-10)11-2-3-12-13(7-11)23-5-4-22-12/h2-3,7,9-10H,4-6,8H2,1H3,(H2,17,20)/t9-,10-/m0/s1. The van der Waals surface area contributed by atoms with Gasteiger partial charge in [-0.2, -0.15) is 0 Å². The molecule has 1 aromatic carbocycles. The van der Waals surface area contributed by atoms with Crippen LogP contribution in [0.4, 0.5) is 5.69 Å². The molecule has 0 aliphatic carbocycles. The molecule has 1 aromatic rings. The number of carbonyl (C=O) groups is 3. The summed E-state index contributed by atoms with van der Waals surface area (Å²) >= 11 is 0. The molecular weight excluding hydrogens is 316 g/mol. The second-order valence-electron chi connectivity index (χ2n) is 5.71. The maximum Gasteiger partial charge on any atom is 0.312 e. The van der Waals surface area contributed by atoms with Crippen LogP contribution in [-0.4, -0.2) is 43.6 Å². The number of amides is 2. The number of esters is 1. The highest BCUT2D eigenvalue weighted by Crippen LogP contribution is 2.36. The summed E-state index contributed by atoms with van der Waals surface area (Å²) in [7, 11) is 0. The Morgan fingerprint density at radius 3 is 2.71 bits per heavy atom. The minimum atomic E-state index is -1.02. The second-order valence-corrected chi connectivity index (χ2v) is 5.71. The minimum absolute atomic E-state index is 0.0265. The number of hydrogen-bond donors (Lipinski definition) is 1. The van der Waals surface area contributed by atoms with Gasteiger partial charge in [-0.3, -0.25) is 14.4 Å². The normalized spacial score (nSPS) is 20.6. The average Bonchev–Trinajstić information content (AvgIpc) is 2.96. The molecule has 8 nitrogen and oxygen atoms in total. The summed E-state index contributed by atoms with van der Waals surface area (Å²) in [5, 5.41) is 0. The number of nitrogens with zero attached hydrogens (tertiary/aromatic N) is 1. The van der Waals surface area contributed by atoms with Gasteiger partial charge >= 0.3 is 5.97 Å². The molecule has 2 amide bonds. The molecule has 2 aliphatic heterocycles. The molecule has 2 N–H and O–H groups in total. The maximum absolute atomic E-state index is 12.2. The van der Waals surface area contributed by atoms with Crippen LogP contribution in [0.2, 0.25) is 0 Å². The number of anilines is 1.